The second-order valence-electron chi connectivity index (χ2n) is 4.95. The Balaban J connectivity index is 2.39. The number of carboxylic acid groups (broad SMARTS) is 1. The van der Waals surface area contributed by atoms with Gasteiger partial charge in [-0.25, -0.2) is 0 Å². The van der Waals surface area contributed by atoms with Gasteiger partial charge in [-0.05, 0) is 44.0 Å². The van der Waals surface area contributed by atoms with Gasteiger partial charge < -0.3 is 9.84 Å². The van der Waals surface area contributed by atoms with Crippen LogP contribution in [-0.2, 0) is 14.4 Å². The fourth-order valence-electron chi connectivity index (χ4n) is 1.68. The molecule has 0 heterocycles. The van der Waals surface area contributed by atoms with Crippen LogP contribution in [0.25, 0.3) is 0 Å². The van der Waals surface area contributed by atoms with E-state index in [0.717, 1.165) is 5.56 Å². The third-order valence-electron chi connectivity index (χ3n) is 2.93. The molecule has 1 aromatic rings. The smallest absolute Gasteiger partial charge is 0.303 e. The minimum atomic E-state index is -0.970. The minimum Gasteiger partial charge on any atom is -0.481 e. The Morgan fingerprint density at radius 2 is 1.96 bits per heavy atom. The number of aliphatic carboxylic acids is 1. The molecule has 0 aromatic heterocycles. The highest BCUT2D eigenvalue weighted by Crippen LogP contribution is 2.22. The van der Waals surface area contributed by atoms with E-state index in [1.165, 1.54) is 0 Å². The van der Waals surface area contributed by atoms with Crippen LogP contribution in [0.15, 0.2) is 18.2 Å². The van der Waals surface area contributed by atoms with Gasteiger partial charge in [-0.15, -0.1) is 0 Å². The molecule has 126 valence electrons. The van der Waals surface area contributed by atoms with Crippen molar-refractivity contribution in [1.82, 2.24) is 10.9 Å². The van der Waals surface area contributed by atoms with Crippen molar-refractivity contribution in [3.05, 3.63) is 28.8 Å². The molecule has 0 saturated heterocycles. The van der Waals surface area contributed by atoms with E-state index in [1.807, 2.05) is 0 Å². The quantitative estimate of drug-likeness (QED) is 0.655. The number of carbonyl (C=O) groups is 3. The molecule has 23 heavy (non-hydrogen) atoms. The third-order valence-corrected chi connectivity index (χ3v) is 3.16. The topological polar surface area (TPSA) is 105 Å². The number of nitrogens with one attached hydrogen (secondary N) is 2. The van der Waals surface area contributed by atoms with Crippen LogP contribution in [0.2, 0.25) is 5.02 Å². The van der Waals surface area contributed by atoms with E-state index in [2.05, 4.69) is 10.9 Å². The molecule has 1 aromatic carbocycles. The van der Waals surface area contributed by atoms with E-state index in [-0.39, 0.29) is 19.3 Å². The average molecular weight is 343 g/mol. The van der Waals surface area contributed by atoms with Gasteiger partial charge in [-0.2, -0.15) is 0 Å². The van der Waals surface area contributed by atoms with Crippen molar-refractivity contribution in [2.45, 2.75) is 39.2 Å². The van der Waals surface area contributed by atoms with Crippen LogP contribution in [0.4, 0.5) is 0 Å². The number of amides is 2. The summed E-state index contributed by atoms with van der Waals surface area (Å²) < 4.78 is 5.51. The molecular formula is C15H19ClN2O5. The Kier molecular flexibility index (Phi) is 7.34. The molecule has 0 aliphatic rings. The summed E-state index contributed by atoms with van der Waals surface area (Å²) in [6.45, 7) is 3.34. The highest BCUT2D eigenvalue weighted by molar-refractivity contribution is 6.30. The molecule has 1 atom stereocenters. The van der Waals surface area contributed by atoms with Crippen molar-refractivity contribution in [1.29, 1.82) is 0 Å². The van der Waals surface area contributed by atoms with E-state index >= 15 is 0 Å². The minimum absolute atomic E-state index is 0.0120. The van der Waals surface area contributed by atoms with Gasteiger partial charge in [-0.3, -0.25) is 25.2 Å². The van der Waals surface area contributed by atoms with Crippen molar-refractivity contribution in [3.8, 4) is 5.75 Å². The largest absolute Gasteiger partial charge is 0.481 e. The number of carbonyl (C=O) groups excluding carboxylic acids is 2. The molecule has 0 saturated carbocycles. The first-order valence-corrected chi connectivity index (χ1v) is 7.40. The Morgan fingerprint density at radius 3 is 2.57 bits per heavy atom. The summed E-state index contributed by atoms with van der Waals surface area (Å²) in [7, 11) is 0. The molecule has 0 spiro atoms. The molecule has 0 radical (unpaired) electrons. The maximum absolute atomic E-state index is 11.8. The molecule has 0 fully saturated rings. The lowest BCUT2D eigenvalue weighted by Gasteiger charge is -2.16. The van der Waals surface area contributed by atoms with Crippen LogP contribution < -0.4 is 15.6 Å². The number of benzene rings is 1. The zero-order chi connectivity index (χ0) is 17.4. The average Bonchev–Trinajstić information content (AvgIpc) is 2.47. The summed E-state index contributed by atoms with van der Waals surface area (Å²) in [4.78, 5) is 33.6. The van der Waals surface area contributed by atoms with Crippen molar-refractivity contribution in [2.75, 3.05) is 0 Å². The number of hydrogen-bond acceptors (Lipinski definition) is 4. The number of ether oxygens (including phenoxy) is 1. The summed E-state index contributed by atoms with van der Waals surface area (Å²) in [6, 6.07) is 5.02. The van der Waals surface area contributed by atoms with Gasteiger partial charge in [-0.1, -0.05) is 11.6 Å². The van der Waals surface area contributed by atoms with E-state index in [4.69, 9.17) is 21.4 Å². The first-order valence-electron chi connectivity index (χ1n) is 7.03. The zero-order valence-electron chi connectivity index (χ0n) is 12.9. The lowest BCUT2D eigenvalue weighted by molar-refractivity contribution is -0.137. The monoisotopic (exact) mass is 342 g/mol. The van der Waals surface area contributed by atoms with Gasteiger partial charge in [0.2, 0.25) is 5.91 Å². The van der Waals surface area contributed by atoms with Gasteiger partial charge >= 0.3 is 5.97 Å². The second kappa shape index (κ2) is 8.99. The molecule has 0 aliphatic carbocycles. The fourth-order valence-corrected chi connectivity index (χ4v) is 1.91. The van der Waals surface area contributed by atoms with Gasteiger partial charge in [0.05, 0.1) is 0 Å². The summed E-state index contributed by atoms with van der Waals surface area (Å²) in [6.07, 6.45) is -0.712. The second-order valence-corrected chi connectivity index (χ2v) is 5.39. The Bertz CT molecular complexity index is 591. The molecule has 8 heteroatoms. The first kappa shape index (κ1) is 18.8. The van der Waals surface area contributed by atoms with Crippen LogP contribution in [-0.4, -0.2) is 29.0 Å². The molecule has 0 bridgehead atoms. The molecule has 7 nitrogen and oxygen atoms in total. The summed E-state index contributed by atoms with van der Waals surface area (Å²) in [5, 5.41) is 9.04. The van der Waals surface area contributed by atoms with Crippen LogP contribution in [0, 0.1) is 6.92 Å². The van der Waals surface area contributed by atoms with Gasteiger partial charge in [0.1, 0.15) is 5.75 Å². The highest BCUT2D eigenvalue weighted by Gasteiger charge is 2.16. The van der Waals surface area contributed by atoms with Crippen LogP contribution in [0.3, 0.4) is 0 Å². The lowest BCUT2D eigenvalue weighted by Crippen LogP contribution is -2.47. The van der Waals surface area contributed by atoms with E-state index in [9.17, 15) is 14.4 Å². The number of rotatable bonds is 7. The first-order chi connectivity index (χ1) is 10.8. The predicted molar refractivity (Wildman–Crippen MR) is 84.1 cm³/mol. The van der Waals surface area contributed by atoms with Crippen molar-refractivity contribution < 1.29 is 24.2 Å². The van der Waals surface area contributed by atoms with Crippen molar-refractivity contribution in [2.24, 2.45) is 0 Å². The van der Waals surface area contributed by atoms with Crippen LogP contribution >= 0.6 is 11.6 Å². The highest BCUT2D eigenvalue weighted by atomic mass is 35.5. The number of carboxylic acids is 1. The molecule has 0 aliphatic heterocycles. The van der Waals surface area contributed by atoms with E-state index in [1.54, 1.807) is 32.0 Å². The van der Waals surface area contributed by atoms with Crippen molar-refractivity contribution in [3.63, 3.8) is 0 Å². The molecular weight excluding hydrogens is 324 g/mol. The Hall–Kier alpha value is -2.28. The van der Waals surface area contributed by atoms with Gasteiger partial charge in [0.15, 0.2) is 6.10 Å². The van der Waals surface area contributed by atoms with E-state index in [0.29, 0.717) is 10.8 Å². The van der Waals surface area contributed by atoms with Gasteiger partial charge in [0.25, 0.3) is 5.91 Å². The van der Waals surface area contributed by atoms with Crippen LogP contribution in [0.5, 0.6) is 5.75 Å². The van der Waals surface area contributed by atoms with Gasteiger partial charge in [0, 0.05) is 17.9 Å². The Morgan fingerprint density at radius 1 is 1.26 bits per heavy atom. The molecule has 1 unspecified atom stereocenters. The zero-order valence-corrected chi connectivity index (χ0v) is 13.6. The number of halogens is 1. The van der Waals surface area contributed by atoms with Crippen molar-refractivity contribution >= 4 is 29.4 Å². The number of aryl methyl sites for hydroxylation is 1. The summed E-state index contributed by atoms with van der Waals surface area (Å²) in [5.74, 6) is -1.44. The SMILES string of the molecule is Cc1cc(Cl)ccc1OC(C)C(=O)NNC(=O)CCCC(=O)O. The predicted octanol–water partition coefficient (Wildman–Crippen LogP) is 1.82. The number of hydrazine groups is 1. The maximum atomic E-state index is 11.8. The fraction of sp³-hybridized carbons (Fsp3) is 0.400. The third kappa shape index (κ3) is 7.01. The summed E-state index contributed by atoms with van der Waals surface area (Å²) >= 11 is 5.84. The van der Waals surface area contributed by atoms with Crippen LogP contribution in [0.1, 0.15) is 31.7 Å². The molecule has 3 N–H and O–H groups in total. The van der Waals surface area contributed by atoms with E-state index < -0.39 is 23.9 Å². The molecule has 1 rings (SSSR count). The standard InChI is InChI=1S/C15H19ClN2O5/c1-9-8-11(16)6-7-12(9)23-10(2)15(22)18-17-13(19)4-3-5-14(20)21/h6-8,10H,3-5H2,1-2H3,(H,17,19)(H,18,22)(H,20,21). The maximum Gasteiger partial charge on any atom is 0.303 e. The lowest BCUT2D eigenvalue weighted by atomic mass is 10.2. The Labute approximate surface area is 138 Å². The normalized spacial score (nSPS) is 11.4. The summed E-state index contributed by atoms with van der Waals surface area (Å²) in [5.41, 5.74) is 5.24. The molecule has 2 amide bonds. The number of hydrogen-bond donors (Lipinski definition) is 3.